The molecule has 9 heteroatoms. The minimum atomic E-state index is -3.59. The van der Waals surface area contributed by atoms with Crippen molar-refractivity contribution < 1.29 is 16.8 Å². The molecule has 0 radical (unpaired) electrons. The van der Waals surface area contributed by atoms with Gasteiger partial charge in [-0.25, -0.2) is 16.8 Å². The molecule has 1 saturated heterocycles. The highest BCUT2D eigenvalue weighted by Gasteiger charge is 2.34. The zero-order valence-corrected chi connectivity index (χ0v) is 16.6. The van der Waals surface area contributed by atoms with Gasteiger partial charge in [0.25, 0.3) is 10.0 Å². The summed E-state index contributed by atoms with van der Waals surface area (Å²) in [5, 5.41) is 1.72. The molecule has 6 nitrogen and oxygen atoms in total. The highest BCUT2D eigenvalue weighted by Crippen LogP contribution is 2.28. The van der Waals surface area contributed by atoms with E-state index in [1.807, 2.05) is 6.07 Å². The Morgan fingerprint density at radius 2 is 1.46 bits per heavy atom. The van der Waals surface area contributed by atoms with E-state index in [9.17, 15) is 16.8 Å². The molecule has 0 N–H and O–H groups in total. The maximum atomic E-state index is 12.9. The minimum absolute atomic E-state index is 0.171. The molecule has 0 unspecified atom stereocenters. The first-order chi connectivity index (χ1) is 12.4. The quantitative estimate of drug-likeness (QED) is 0.769. The van der Waals surface area contributed by atoms with E-state index in [1.165, 1.54) is 25.5 Å². The molecule has 1 aromatic carbocycles. The van der Waals surface area contributed by atoms with Crippen molar-refractivity contribution in [2.75, 3.05) is 26.2 Å². The number of fused-ring (bicyclic) bond motifs is 1. The summed E-state index contributed by atoms with van der Waals surface area (Å²) >= 11 is 1.18. The monoisotopic (exact) mass is 412 g/mol. The zero-order chi connectivity index (χ0) is 18.4. The lowest BCUT2D eigenvalue weighted by Gasteiger charge is -2.33. The number of hydrogen-bond acceptors (Lipinski definition) is 5. The van der Waals surface area contributed by atoms with Crippen LogP contribution in [0, 0.1) is 0 Å². The fourth-order valence-electron chi connectivity index (χ4n) is 3.55. The summed E-state index contributed by atoms with van der Waals surface area (Å²) in [6, 6.07) is 8.65. The van der Waals surface area contributed by atoms with Gasteiger partial charge >= 0.3 is 0 Å². The third kappa shape index (κ3) is 3.11. The fourth-order valence-corrected chi connectivity index (χ4v) is 7.59. The summed E-state index contributed by atoms with van der Waals surface area (Å²) in [5.41, 5.74) is 2.35. The second-order valence-corrected chi connectivity index (χ2v) is 11.6. The van der Waals surface area contributed by atoms with Crippen molar-refractivity contribution in [3.63, 3.8) is 0 Å². The van der Waals surface area contributed by atoms with Gasteiger partial charge < -0.3 is 0 Å². The Morgan fingerprint density at radius 1 is 0.808 bits per heavy atom. The van der Waals surface area contributed by atoms with Gasteiger partial charge in [-0.15, -0.1) is 11.3 Å². The van der Waals surface area contributed by atoms with Gasteiger partial charge in [0, 0.05) is 26.2 Å². The second-order valence-electron chi connectivity index (χ2n) is 6.52. The van der Waals surface area contributed by atoms with Crippen LogP contribution in [-0.4, -0.2) is 51.6 Å². The molecule has 140 valence electrons. The first kappa shape index (κ1) is 18.1. The summed E-state index contributed by atoms with van der Waals surface area (Å²) < 4.78 is 54.1. The second kappa shape index (κ2) is 6.72. The molecule has 2 aliphatic rings. The van der Waals surface area contributed by atoms with Gasteiger partial charge in [-0.3, -0.25) is 0 Å². The molecule has 0 saturated carbocycles. The SMILES string of the molecule is O=S(=O)(c1ccc2c(c1)CCC2)N1CCN(S(=O)(=O)c2cccs2)CC1. The van der Waals surface area contributed by atoms with Crippen LogP contribution in [-0.2, 0) is 32.9 Å². The number of nitrogens with zero attached hydrogens (tertiary/aromatic N) is 2. The molecule has 1 aromatic heterocycles. The molecule has 1 aliphatic heterocycles. The van der Waals surface area contributed by atoms with Crippen LogP contribution in [0.25, 0.3) is 0 Å². The van der Waals surface area contributed by atoms with E-state index in [0.717, 1.165) is 24.8 Å². The number of rotatable bonds is 4. The zero-order valence-electron chi connectivity index (χ0n) is 14.2. The molecular formula is C17H20N2O4S3. The van der Waals surface area contributed by atoms with Gasteiger partial charge in [0.15, 0.2) is 0 Å². The number of benzene rings is 1. The van der Waals surface area contributed by atoms with Crippen molar-refractivity contribution in [3.05, 3.63) is 46.8 Å². The predicted octanol–water partition coefficient (Wildman–Crippen LogP) is 1.93. The van der Waals surface area contributed by atoms with Crippen LogP contribution in [0.5, 0.6) is 0 Å². The highest BCUT2D eigenvalue weighted by molar-refractivity contribution is 7.91. The molecular weight excluding hydrogens is 392 g/mol. The van der Waals surface area contributed by atoms with Crippen molar-refractivity contribution in [3.8, 4) is 0 Å². The van der Waals surface area contributed by atoms with Gasteiger partial charge in [0.2, 0.25) is 10.0 Å². The molecule has 26 heavy (non-hydrogen) atoms. The van der Waals surface area contributed by atoms with Gasteiger partial charge in [-0.05, 0) is 54.0 Å². The summed E-state index contributed by atoms with van der Waals surface area (Å²) in [6.45, 7) is 0.683. The molecule has 2 aromatic rings. The van der Waals surface area contributed by atoms with Crippen molar-refractivity contribution >= 4 is 31.4 Å². The van der Waals surface area contributed by atoms with Crippen molar-refractivity contribution in [1.29, 1.82) is 0 Å². The lowest BCUT2D eigenvalue weighted by Crippen LogP contribution is -2.50. The third-order valence-corrected chi connectivity index (χ3v) is 10.2. The third-order valence-electron chi connectivity index (χ3n) is 4.99. The molecule has 0 atom stereocenters. The normalized spacial score (nSPS) is 19.5. The van der Waals surface area contributed by atoms with Gasteiger partial charge in [-0.1, -0.05) is 12.1 Å². The van der Waals surface area contributed by atoms with Crippen LogP contribution >= 0.6 is 11.3 Å². The number of thiophene rings is 1. The van der Waals surface area contributed by atoms with Gasteiger partial charge in [0.05, 0.1) is 4.90 Å². The molecule has 0 spiro atoms. The van der Waals surface area contributed by atoms with Crippen LogP contribution in [0.1, 0.15) is 17.5 Å². The number of piperazine rings is 1. The van der Waals surface area contributed by atoms with E-state index in [2.05, 4.69) is 0 Å². The van der Waals surface area contributed by atoms with E-state index >= 15 is 0 Å². The lowest BCUT2D eigenvalue weighted by atomic mass is 10.1. The maximum absolute atomic E-state index is 12.9. The summed E-state index contributed by atoms with van der Waals surface area (Å²) in [5.74, 6) is 0. The van der Waals surface area contributed by atoms with E-state index in [4.69, 9.17) is 0 Å². The van der Waals surface area contributed by atoms with E-state index in [1.54, 1.807) is 29.6 Å². The van der Waals surface area contributed by atoms with Crippen LogP contribution in [0.3, 0.4) is 0 Å². The summed E-state index contributed by atoms with van der Waals surface area (Å²) in [4.78, 5) is 0.313. The number of aryl methyl sites for hydroxylation is 2. The number of sulfonamides is 2. The minimum Gasteiger partial charge on any atom is -0.207 e. The summed E-state index contributed by atoms with van der Waals surface area (Å²) in [6.07, 6.45) is 3.00. The summed E-state index contributed by atoms with van der Waals surface area (Å²) in [7, 11) is -7.12. The average Bonchev–Trinajstić information content (AvgIpc) is 3.33. The van der Waals surface area contributed by atoms with Crippen LogP contribution in [0.2, 0.25) is 0 Å². The van der Waals surface area contributed by atoms with Crippen LogP contribution in [0.4, 0.5) is 0 Å². The number of hydrogen-bond donors (Lipinski definition) is 0. The largest absolute Gasteiger partial charge is 0.252 e. The van der Waals surface area contributed by atoms with E-state index < -0.39 is 20.0 Å². The molecule has 2 heterocycles. The maximum Gasteiger partial charge on any atom is 0.252 e. The predicted molar refractivity (Wildman–Crippen MR) is 100 cm³/mol. The molecule has 1 aliphatic carbocycles. The Labute approximate surface area is 158 Å². The van der Waals surface area contributed by atoms with Crippen LogP contribution < -0.4 is 0 Å². The molecule has 4 rings (SSSR count). The van der Waals surface area contributed by atoms with Crippen LogP contribution in [0.15, 0.2) is 44.8 Å². The Bertz CT molecular complexity index is 1010. The smallest absolute Gasteiger partial charge is 0.207 e. The average molecular weight is 413 g/mol. The fraction of sp³-hybridized carbons (Fsp3) is 0.412. The van der Waals surface area contributed by atoms with Crippen molar-refractivity contribution in [2.24, 2.45) is 0 Å². The Hall–Kier alpha value is -1.26. The molecule has 1 fully saturated rings. The molecule has 0 amide bonds. The first-order valence-corrected chi connectivity index (χ1v) is 12.3. The topological polar surface area (TPSA) is 74.8 Å². The van der Waals surface area contributed by atoms with E-state index in [0.29, 0.717) is 9.10 Å². The Balaban J connectivity index is 1.51. The Kier molecular flexibility index (Phi) is 4.68. The van der Waals surface area contributed by atoms with Crippen molar-refractivity contribution in [2.45, 2.75) is 28.4 Å². The standard InChI is InChI=1S/C17H20N2O4S3/c20-25(21,16-7-6-14-3-1-4-15(14)13-16)18-8-10-19(11-9-18)26(22,23)17-5-2-12-24-17/h2,5-7,12-13H,1,3-4,8-11H2. The lowest BCUT2D eigenvalue weighted by molar-refractivity contribution is 0.273. The highest BCUT2D eigenvalue weighted by atomic mass is 32.2. The van der Waals surface area contributed by atoms with Crippen molar-refractivity contribution in [1.82, 2.24) is 8.61 Å². The van der Waals surface area contributed by atoms with E-state index in [-0.39, 0.29) is 26.2 Å². The Morgan fingerprint density at radius 3 is 2.12 bits per heavy atom. The van der Waals surface area contributed by atoms with Gasteiger partial charge in [0.1, 0.15) is 4.21 Å². The first-order valence-electron chi connectivity index (χ1n) is 8.55. The molecule has 0 bridgehead atoms. The van der Waals surface area contributed by atoms with Gasteiger partial charge in [-0.2, -0.15) is 8.61 Å².